The van der Waals surface area contributed by atoms with Crippen molar-refractivity contribution in [3.05, 3.63) is 35.4 Å². The van der Waals surface area contributed by atoms with E-state index in [0.29, 0.717) is 6.04 Å². The quantitative estimate of drug-likeness (QED) is 0.844. The smallest absolute Gasteiger partial charge is 0.0750 e. The van der Waals surface area contributed by atoms with E-state index in [1.165, 1.54) is 24.0 Å². The Hall–Kier alpha value is -0.860. The van der Waals surface area contributed by atoms with Gasteiger partial charge in [-0.1, -0.05) is 29.8 Å². The van der Waals surface area contributed by atoms with Gasteiger partial charge >= 0.3 is 0 Å². The molecule has 106 valence electrons. The molecule has 2 heteroatoms. The first-order chi connectivity index (χ1) is 9.00. The van der Waals surface area contributed by atoms with Gasteiger partial charge in [-0.15, -0.1) is 0 Å². The molecule has 1 fully saturated rings. The molecule has 0 heterocycles. The summed E-state index contributed by atoms with van der Waals surface area (Å²) < 4.78 is 5.71. The van der Waals surface area contributed by atoms with Gasteiger partial charge in [-0.2, -0.15) is 0 Å². The summed E-state index contributed by atoms with van der Waals surface area (Å²) in [5.74, 6) is 0.743. The minimum absolute atomic E-state index is 0.0524. The zero-order chi connectivity index (χ0) is 13.9. The molecule has 1 aliphatic carbocycles. The van der Waals surface area contributed by atoms with E-state index in [2.05, 4.69) is 57.3 Å². The largest absolute Gasteiger partial charge is 0.375 e. The Kier molecular flexibility index (Phi) is 4.64. The lowest BCUT2D eigenvalue weighted by Crippen LogP contribution is -2.47. The van der Waals surface area contributed by atoms with E-state index in [0.717, 1.165) is 19.1 Å². The van der Waals surface area contributed by atoms with Crippen molar-refractivity contribution in [1.82, 2.24) is 5.32 Å². The monoisotopic (exact) mass is 261 g/mol. The molecule has 0 aliphatic heterocycles. The normalized spacial score (nSPS) is 23.2. The molecule has 1 aromatic rings. The van der Waals surface area contributed by atoms with E-state index < -0.39 is 0 Å². The molecule has 0 atom stereocenters. The summed E-state index contributed by atoms with van der Waals surface area (Å²) in [5, 5.41) is 3.63. The van der Waals surface area contributed by atoms with Gasteiger partial charge in [-0.25, -0.2) is 0 Å². The van der Waals surface area contributed by atoms with E-state index in [1.807, 2.05) is 0 Å². The van der Waals surface area contributed by atoms with Gasteiger partial charge < -0.3 is 10.1 Å². The lowest BCUT2D eigenvalue weighted by Gasteiger charge is -2.38. The number of ether oxygens (including phenoxy) is 1. The minimum atomic E-state index is -0.0524. The summed E-state index contributed by atoms with van der Waals surface area (Å²) in [4.78, 5) is 0. The molecule has 2 rings (SSSR count). The second-order valence-corrected chi connectivity index (χ2v) is 6.35. The second kappa shape index (κ2) is 6.06. The van der Waals surface area contributed by atoms with Crippen LogP contribution >= 0.6 is 0 Å². The van der Waals surface area contributed by atoms with Gasteiger partial charge in [0.15, 0.2) is 0 Å². The summed E-state index contributed by atoms with van der Waals surface area (Å²) >= 11 is 0. The molecule has 1 N–H and O–H groups in total. The van der Waals surface area contributed by atoms with Crippen LogP contribution in [0.2, 0.25) is 0 Å². The molecular formula is C17H27NO. The van der Waals surface area contributed by atoms with Crippen molar-refractivity contribution in [2.45, 2.75) is 58.1 Å². The maximum Gasteiger partial charge on any atom is 0.0750 e. The summed E-state index contributed by atoms with van der Waals surface area (Å²) in [7, 11) is 0. The molecule has 0 bridgehead atoms. The van der Waals surface area contributed by atoms with Crippen molar-refractivity contribution in [1.29, 1.82) is 0 Å². The maximum atomic E-state index is 5.71. The van der Waals surface area contributed by atoms with Crippen LogP contribution in [-0.2, 0) is 4.74 Å². The van der Waals surface area contributed by atoms with E-state index in [4.69, 9.17) is 4.74 Å². The van der Waals surface area contributed by atoms with E-state index in [-0.39, 0.29) is 5.60 Å². The third-order valence-corrected chi connectivity index (χ3v) is 4.00. The molecule has 0 radical (unpaired) electrons. The molecule has 0 amide bonds. The zero-order valence-corrected chi connectivity index (χ0v) is 12.7. The van der Waals surface area contributed by atoms with E-state index in [9.17, 15) is 0 Å². The Balaban J connectivity index is 1.75. The van der Waals surface area contributed by atoms with Crippen molar-refractivity contribution in [2.75, 3.05) is 13.2 Å². The topological polar surface area (TPSA) is 21.3 Å². The fraction of sp³-hybridized carbons (Fsp3) is 0.647. The fourth-order valence-electron chi connectivity index (χ4n) is 2.81. The molecule has 1 aliphatic rings. The molecule has 19 heavy (non-hydrogen) atoms. The molecule has 0 saturated heterocycles. The van der Waals surface area contributed by atoms with Gasteiger partial charge in [-0.3, -0.25) is 0 Å². The zero-order valence-electron chi connectivity index (χ0n) is 12.7. The predicted molar refractivity (Wildman–Crippen MR) is 80.6 cm³/mol. The highest BCUT2D eigenvalue weighted by molar-refractivity contribution is 5.27. The molecule has 2 nitrogen and oxygen atoms in total. The first-order valence-electron chi connectivity index (χ1n) is 7.44. The minimum Gasteiger partial charge on any atom is -0.375 e. The number of aryl methyl sites for hydroxylation is 1. The van der Waals surface area contributed by atoms with Crippen LogP contribution in [0.4, 0.5) is 0 Å². The third kappa shape index (κ3) is 4.05. The standard InChI is InChI=1S/C17H27NO/c1-5-19-17(3,4)12-18-16-10-15(11-16)14-8-6-7-13(2)9-14/h6-9,15-16,18H,5,10-12H2,1-4H3. The predicted octanol–water partition coefficient (Wildman–Crippen LogP) is 3.65. The van der Waals surface area contributed by atoms with Crippen LogP contribution in [0.1, 0.15) is 50.7 Å². The van der Waals surface area contributed by atoms with E-state index in [1.54, 1.807) is 0 Å². The summed E-state index contributed by atoms with van der Waals surface area (Å²) in [6.07, 6.45) is 2.51. The summed E-state index contributed by atoms with van der Waals surface area (Å²) in [5.41, 5.74) is 2.82. The van der Waals surface area contributed by atoms with Crippen LogP contribution in [0, 0.1) is 6.92 Å². The van der Waals surface area contributed by atoms with Crippen molar-refractivity contribution < 1.29 is 4.74 Å². The van der Waals surface area contributed by atoms with Crippen molar-refractivity contribution in [3.63, 3.8) is 0 Å². The highest BCUT2D eigenvalue weighted by Gasteiger charge is 2.31. The van der Waals surface area contributed by atoms with Gasteiger partial charge in [0.1, 0.15) is 0 Å². The van der Waals surface area contributed by atoms with Crippen LogP contribution in [0.15, 0.2) is 24.3 Å². The Morgan fingerprint density at radius 1 is 1.32 bits per heavy atom. The Labute approximate surface area is 117 Å². The Morgan fingerprint density at radius 2 is 2.05 bits per heavy atom. The number of rotatable bonds is 6. The molecule has 0 spiro atoms. The van der Waals surface area contributed by atoms with Crippen LogP contribution in [0.25, 0.3) is 0 Å². The average molecular weight is 261 g/mol. The van der Waals surface area contributed by atoms with Gasteiger partial charge in [-0.05, 0) is 52.0 Å². The summed E-state index contributed by atoms with van der Waals surface area (Å²) in [6.45, 7) is 10.2. The highest BCUT2D eigenvalue weighted by atomic mass is 16.5. The average Bonchev–Trinajstić information content (AvgIpc) is 2.26. The van der Waals surface area contributed by atoms with Crippen LogP contribution in [0.5, 0.6) is 0 Å². The van der Waals surface area contributed by atoms with Crippen LogP contribution in [-0.4, -0.2) is 24.8 Å². The van der Waals surface area contributed by atoms with Gasteiger partial charge in [0.05, 0.1) is 5.60 Å². The molecule has 1 aromatic carbocycles. The van der Waals surface area contributed by atoms with Crippen LogP contribution in [0.3, 0.4) is 0 Å². The number of hydrogen-bond acceptors (Lipinski definition) is 2. The van der Waals surface area contributed by atoms with Crippen LogP contribution < -0.4 is 5.32 Å². The number of hydrogen-bond donors (Lipinski definition) is 1. The Bertz CT molecular complexity index is 407. The molecule has 0 unspecified atom stereocenters. The van der Waals surface area contributed by atoms with Gasteiger partial charge in [0.2, 0.25) is 0 Å². The van der Waals surface area contributed by atoms with E-state index >= 15 is 0 Å². The fourth-order valence-corrected chi connectivity index (χ4v) is 2.81. The Morgan fingerprint density at radius 3 is 2.68 bits per heavy atom. The third-order valence-electron chi connectivity index (χ3n) is 4.00. The summed E-state index contributed by atoms with van der Waals surface area (Å²) in [6, 6.07) is 9.58. The molecule has 0 aromatic heterocycles. The highest BCUT2D eigenvalue weighted by Crippen LogP contribution is 2.37. The first-order valence-corrected chi connectivity index (χ1v) is 7.44. The SMILES string of the molecule is CCOC(C)(C)CNC1CC(c2cccc(C)c2)C1. The first kappa shape index (κ1) is 14.5. The second-order valence-electron chi connectivity index (χ2n) is 6.35. The van der Waals surface area contributed by atoms with Crippen molar-refractivity contribution in [3.8, 4) is 0 Å². The van der Waals surface area contributed by atoms with Gasteiger partial charge in [0, 0.05) is 19.2 Å². The van der Waals surface area contributed by atoms with Crippen molar-refractivity contribution in [2.24, 2.45) is 0 Å². The van der Waals surface area contributed by atoms with Crippen molar-refractivity contribution >= 4 is 0 Å². The molecular weight excluding hydrogens is 234 g/mol. The maximum absolute atomic E-state index is 5.71. The molecule has 1 saturated carbocycles. The number of nitrogens with one attached hydrogen (secondary N) is 1. The lowest BCUT2D eigenvalue weighted by molar-refractivity contribution is -0.0128. The number of benzene rings is 1. The lowest BCUT2D eigenvalue weighted by atomic mass is 9.75. The van der Waals surface area contributed by atoms with Gasteiger partial charge in [0.25, 0.3) is 0 Å².